The number of nitrogens with two attached hydrogens (primary N) is 1. The van der Waals surface area contributed by atoms with Crippen molar-refractivity contribution in [3.8, 4) is 0 Å². The van der Waals surface area contributed by atoms with E-state index in [0.29, 0.717) is 11.9 Å². The maximum atomic E-state index is 12.2. The molecule has 0 atom stereocenters. The van der Waals surface area contributed by atoms with E-state index in [4.69, 9.17) is 0 Å². The van der Waals surface area contributed by atoms with Crippen LogP contribution in [0.2, 0.25) is 0 Å². The molecule has 0 aromatic carbocycles. The van der Waals surface area contributed by atoms with Crippen LogP contribution in [0.5, 0.6) is 0 Å². The van der Waals surface area contributed by atoms with Gasteiger partial charge in [0.2, 0.25) is 5.91 Å². The first-order valence-electron chi connectivity index (χ1n) is 2.61. The molecule has 0 bridgehead atoms. The zero-order chi connectivity index (χ0) is 8.85. The molecular weight excluding hydrogens is 171 g/mol. The second-order valence-electron chi connectivity index (χ2n) is 1.61. The van der Waals surface area contributed by atoms with E-state index in [9.17, 15) is 14.0 Å². The summed E-state index contributed by atoms with van der Waals surface area (Å²) in [6.45, 7) is 1.27. The van der Waals surface area contributed by atoms with Crippen molar-refractivity contribution in [3.63, 3.8) is 0 Å². The summed E-state index contributed by atoms with van der Waals surface area (Å²) in [5.41, 5.74) is 4.54. The van der Waals surface area contributed by atoms with Crippen molar-refractivity contribution < 1.29 is 14.0 Å². The molecule has 0 radical (unpaired) electrons. The van der Waals surface area contributed by atoms with E-state index in [0.717, 1.165) is 5.41 Å². The minimum atomic E-state index is -1.15. The molecule has 3 N–H and O–H groups in total. The van der Waals surface area contributed by atoms with Gasteiger partial charge in [-0.05, 0) is 11.9 Å². The lowest BCUT2D eigenvalue weighted by Gasteiger charge is -1.93. The second kappa shape index (κ2) is 4.73. The fourth-order valence-corrected chi connectivity index (χ4v) is 0.667. The summed E-state index contributed by atoms with van der Waals surface area (Å²) >= 11 is 0.660. The quantitative estimate of drug-likeness (QED) is 0.474. The van der Waals surface area contributed by atoms with Crippen LogP contribution in [0.25, 0.3) is 0 Å². The number of carbonyl (C=O) groups is 2. The molecule has 0 rings (SSSR count). The molecule has 0 aromatic heterocycles. The monoisotopic (exact) mass is 178 g/mol. The first-order valence-corrected chi connectivity index (χ1v) is 3.49. The van der Waals surface area contributed by atoms with Crippen LogP contribution in [0.1, 0.15) is 6.92 Å². The summed E-state index contributed by atoms with van der Waals surface area (Å²) in [6.07, 6.45) is 0. The van der Waals surface area contributed by atoms with Gasteiger partial charge in [0, 0.05) is 12.3 Å². The van der Waals surface area contributed by atoms with Gasteiger partial charge in [-0.15, -0.1) is 0 Å². The lowest BCUT2D eigenvalue weighted by atomic mass is 10.6. The Balaban J connectivity index is 3.74. The molecule has 0 saturated carbocycles. The maximum absolute atomic E-state index is 12.2. The Morgan fingerprint density at radius 3 is 2.55 bits per heavy atom. The molecule has 0 saturated heterocycles. The largest absolute Gasteiger partial charge is 0.364 e. The highest BCUT2D eigenvalue weighted by Crippen LogP contribution is 2.03. The van der Waals surface area contributed by atoms with E-state index < -0.39 is 11.7 Å². The molecule has 0 heterocycles. The fourth-order valence-electron chi connectivity index (χ4n) is 0.222. The Morgan fingerprint density at radius 2 is 2.18 bits per heavy atom. The number of carbonyl (C=O) groups excluding carboxylic acids is 2. The number of halogens is 1. The SMILES string of the molecule is CC(=O)NSC=C(F)C(N)=O. The van der Waals surface area contributed by atoms with Crippen LogP contribution in [-0.2, 0) is 9.59 Å². The summed E-state index contributed by atoms with van der Waals surface area (Å²) < 4.78 is 14.4. The second-order valence-corrected chi connectivity index (χ2v) is 2.28. The molecular formula is C5H7FN2O2S. The van der Waals surface area contributed by atoms with Crippen LogP contribution in [-0.4, -0.2) is 11.8 Å². The lowest BCUT2D eigenvalue weighted by molar-refractivity contribution is -0.117. The topological polar surface area (TPSA) is 72.2 Å². The Labute approximate surface area is 67.1 Å². The van der Waals surface area contributed by atoms with Crippen molar-refractivity contribution in [1.82, 2.24) is 4.72 Å². The van der Waals surface area contributed by atoms with E-state index in [1.54, 1.807) is 0 Å². The summed E-state index contributed by atoms with van der Waals surface area (Å²) in [7, 11) is 0. The lowest BCUT2D eigenvalue weighted by Crippen LogP contribution is -2.12. The van der Waals surface area contributed by atoms with E-state index in [1.165, 1.54) is 6.92 Å². The zero-order valence-corrected chi connectivity index (χ0v) is 6.57. The zero-order valence-electron chi connectivity index (χ0n) is 5.76. The third-order valence-electron chi connectivity index (χ3n) is 0.600. The summed E-state index contributed by atoms with van der Waals surface area (Å²) in [6, 6.07) is 0. The number of primary amides is 1. The molecule has 0 aliphatic heterocycles. The smallest absolute Gasteiger partial charge is 0.278 e. The van der Waals surface area contributed by atoms with Crippen molar-refractivity contribution >= 4 is 23.8 Å². The van der Waals surface area contributed by atoms with E-state index in [-0.39, 0.29) is 5.91 Å². The number of hydrogen-bond donors (Lipinski definition) is 2. The minimum Gasteiger partial charge on any atom is -0.364 e. The molecule has 62 valence electrons. The maximum Gasteiger partial charge on any atom is 0.278 e. The molecule has 6 heteroatoms. The van der Waals surface area contributed by atoms with Crippen LogP contribution >= 0.6 is 11.9 Å². The summed E-state index contributed by atoms with van der Waals surface area (Å²) in [4.78, 5) is 20.2. The number of amides is 2. The summed E-state index contributed by atoms with van der Waals surface area (Å²) in [5, 5.41) is 0.823. The molecule has 0 unspecified atom stereocenters. The Bertz CT molecular complexity index is 205. The van der Waals surface area contributed by atoms with Gasteiger partial charge in [-0.3, -0.25) is 14.3 Å². The molecule has 0 aliphatic rings. The van der Waals surface area contributed by atoms with Gasteiger partial charge in [0.1, 0.15) is 0 Å². The van der Waals surface area contributed by atoms with Crippen LogP contribution in [0.4, 0.5) is 4.39 Å². The predicted octanol–water partition coefficient (Wildman–Crippen LogP) is 0.0669. The molecule has 0 aromatic rings. The fraction of sp³-hybridized carbons (Fsp3) is 0.200. The van der Waals surface area contributed by atoms with Crippen LogP contribution in [0.3, 0.4) is 0 Å². The van der Waals surface area contributed by atoms with Crippen LogP contribution in [0.15, 0.2) is 11.2 Å². The molecule has 0 spiro atoms. The van der Waals surface area contributed by atoms with Gasteiger partial charge >= 0.3 is 0 Å². The Hall–Kier alpha value is -1.04. The van der Waals surface area contributed by atoms with E-state index >= 15 is 0 Å². The van der Waals surface area contributed by atoms with Gasteiger partial charge in [-0.25, -0.2) is 4.39 Å². The van der Waals surface area contributed by atoms with Crippen molar-refractivity contribution in [1.29, 1.82) is 0 Å². The molecule has 0 fully saturated rings. The predicted molar refractivity (Wildman–Crippen MR) is 39.8 cm³/mol. The van der Waals surface area contributed by atoms with E-state index in [1.807, 2.05) is 0 Å². The van der Waals surface area contributed by atoms with Crippen molar-refractivity contribution in [2.45, 2.75) is 6.92 Å². The third kappa shape index (κ3) is 5.41. The van der Waals surface area contributed by atoms with Gasteiger partial charge in [-0.1, -0.05) is 0 Å². The van der Waals surface area contributed by atoms with Gasteiger partial charge in [-0.2, -0.15) is 0 Å². The molecule has 4 nitrogen and oxygen atoms in total. The van der Waals surface area contributed by atoms with Crippen molar-refractivity contribution in [2.24, 2.45) is 5.73 Å². The highest BCUT2D eigenvalue weighted by Gasteiger charge is 2.01. The third-order valence-corrected chi connectivity index (χ3v) is 1.33. The van der Waals surface area contributed by atoms with E-state index in [2.05, 4.69) is 10.5 Å². The Morgan fingerprint density at radius 1 is 1.64 bits per heavy atom. The first-order chi connectivity index (χ1) is 5.04. The average molecular weight is 178 g/mol. The standard InChI is InChI=1S/C5H7FN2O2S/c1-3(9)8-11-2-4(6)5(7)10/h2H,1H3,(H2,7,10)(H,8,9). The average Bonchev–Trinajstić information content (AvgIpc) is 1.86. The molecule has 11 heavy (non-hydrogen) atoms. The normalized spacial score (nSPS) is 10.9. The van der Waals surface area contributed by atoms with Gasteiger partial charge in [0.15, 0.2) is 5.83 Å². The first kappa shape index (κ1) is 9.96. The Kier molecular flexibility index (Phi) is 4.28. The highest BCUT2D eigenvalue weighted by molar-refractivity contribution is 8.00. The van der Waals surface area contributed by atoms with Crippen LogP contribution in [0, 0.1) is 0 Å². The molecule has 0 aliphatic carbocycles. The molecule has 2 amide bonds. The van der Waals surface area contributed by atoms with Crippen molar-refractivity contribution in [2.75, 3.05) is 0 Å². The number of hydrogen-bond acceptors (Lipinski definition) is 3. The number of rotatable bonds is 3. The minimum absolute atomic E-state index is 0.330. The van der Waals surface area contributed by atoms with Gasteiger partial charge < -0.3 is 5.73 Å². The number of nitrogens with one attached hydrogen (secondary N) is 1. The van der Waals surface area contributed by atoms with Gasteiger partial charge in [0.05, 0.1) is 0 Å². The summed E-state index contributed by atoms with van der Waals surface area (Å²) in [5.74, 6) is -2.56. The highest BCUT2D eigenvalue weighted by atomic mass is 32.2. The van der Waals surface area contributed by atoms with Crippen molar-refractivity contribution in [3.05, 3.63) is 11.2 Å². The van der Waals surface area contributed by atoms with Crippen LogP contribution < -0.4 is 10.5 Å². The van der Waals surface area contributed by atoms with Gasteiger partial charge in [0.25, 0.3) is 5.91 Å².